The summed E-state index contributed by atoms with van der Waals surface area (Å²) in [6, 6.07) is 9.69. The number of rotatable bonds is 12. The minimum Gasteiger partial charge on any atom is -0.496 e. The molecular weight excluding hydrogens is 534 g/mol. The molecule has 0 aromatic heterocycles. The minimum atomic E-state index is -3.16. The highest BCUT2D eigenvalue weighted by Crippen LogP contribution is 2.53. The second kappa shape index (κ2) is 11.6. The van der Waals surface area contributed by atoms with Gasteiger partial charge < -0.3 is 29.5 Å². The number of urea groups is 1. The Morgan fingerprint density at radius 2 is 1.85 bits per heavy atom. The summed E-state index contributed by atoms with van der Waals surface area (Å²) in [6.07, 6.45) is -0.00114. The van der Waals surface area contributed by atoms with Crippen LogP contribution in [0.25, 0.3) is 0 Å². The molecule has 0 bridgehead atoms. The van der Waals surface area contributed by atoms with Gasteiger partial charge in [-0.3, -0.25) is 0 Å². The van der Waals surface area contributed by atoms with E-state index in [-0.39, 0.29) is 19.1 Å². The lowest BCUT2D eigenvalue weighted by atomic mass is 9.73. The van der Waals surface area contributed by atoms with Gasteiger partial charge in [-0.15, -0.1) is 0 Å². The maximum Gasteiger partial charge on any atom is 0.329 e. The number of carbonyl (C=O) groups is 2. The van der Waals surface area contributed by atoms with Crippen molar-refractivity contribution in [3.8, 4) is 11.5 Å². The molecule has 212 valence electrons. The van der Waals surface area contributed by atoms with Crippen LogP contribution in [0.2, 0.25) is 5.02 Å². The van der Waals surface area contributed by atoms with Crippen LogP contribution in [0.3, 0.4) is 0 Å². The number of halogens is 3. The van der Waals surface area contributed by atoms with Crippen LogP contribution in [-0.4, -0.2) is 60.8 Å². The monoisotopic (exact) mass is 566 g/mol. The third-order valence-electron chi connectivity index (χ3n) is 7.30. The van der Waals surface area contributed by atoms with Gasteiger partial charge in [0.25, 0.3) is 5.92 Å². The molecule has 2 aromatic carbocycles. The van der Waals surface area contributed by atoms with Gasteiger partial charge in [0.05, 0.1) is 38.5 Å². The Hall–Kier alpha value is -3.11. The summed E-state index contributed by atoms with van der Waals surface area (Å²) < 4.78 is 44.5. The second-order valence-corrected chi connectivity index (χ2v) is 10.5. The van der Waals surface area contributed by atoms with E-state index in [1.165, 1.54) is 19.1 Å². The lowest BCUT2D eigenvalue weighted by Crippen LogP contribution is -2.68. The number of carboxylic acids is 1. The molecule has 4 rings (SSSR count). The SMILES string of the molecule is COc1cc(C(C)N(CCOCc2ccccc2)C(=O)NC2(C(=O)O)CC(F)(F)C2)c(Cl)c(OC)c1C1CC1. The van der Waals surface area contributed by atoms with Crippen molar-refractivity contribution < 1.29 is 37.7 Å². The van der Waals surface area contributed by atoms with Gasteiger partial charge in [0, 0.05) is 30.5 Å². The van der Waals surface area contributed by atoms with E-state index in [4.69, 9.17) is 25.8 Å². The predicted octanol–water partition coefficient (Wildman–Crippen LogP) is 5.78. The van der Waals surface area contributed by atoms with Crippen molar-refractivity contribution in [2.24, 2.45) is 0 Å². The number of methoxy groups -OCH3 is 2. The molecule has 39 heavy (non-hydrogen) atoms. The molecule has 0 aliphatic heterocycles. The largest absolute Gasteiger partial charge is 0.496 e. The standard InChI is InChI=1S/C28H33ClF2N2O6/c1-17(20-13-21(37-2)22(19-9-10-19)24(38-3)23(20)29)33(11-12-39-14-18-7-5-4-6-8-18)26(36)32-27(25(34)35)15-28(30,31)16-27/h4-8,13,17,19H,9-12,14-16H2,1-3H3,(H,32,36)(H,34,35). The molecule has 8 nitrogen and oxygen atoms in total. The van der Waals surface area contributed by atoms with Crippen molar-refractivity contribution in [1.82, 2.24) is 10.2 Å². The molecule has 0 radical (unpaired) electrons. The topological polar surface area (TPSA) is 97.3 Å². The quantitative estimate of drug-likeness (QED) is 0.316. The van der Waals surface area contributed by atoms with Gasteiger partial charge in [0.1, 0.15) is 11.5 Å². The van der Waals surface area contributed by atoms with E-state index in [0.29, 0.717) is 28.7 Å². The normalized spacial score (nSPS) is 18.0. The number of hydrogen-bond donors (Lipinski definition) is 2. The first-order valence-electron chi connectivity index (χ1n) is 12.8. The Bertz CT molecular complexity index is 1200. The van der Waals surface area contributed by atoms with E-state index in [1.807, 2.05) is 30.3 Å². The molecule has 2 N–H and O–H groups in total. The fraction of sp³-hybridized carbons (Fsp3) is 0.500. The van der Waals surface area contributed by atoms with Crippen molar-refractivity contribution >= 4 is 23.6 Å². The van der Waals surface area contributed by atoms with E-state index < -0.39 is 42.3 Å². The minimum absolute atomic E-state index is 0.0390. The molecule has 11 heteroatoms. The third kappa shape index (κ3) is 6.22. The van der Waals surface area contributed by atoms with Crippen LogP contribution in [0.5, 0.6) is 11.5 Å². The highest BCUT2D eigenvalue weighted by atomic mass is 35.5. The number of carbonyl (C=O) groups excluding carboxylic acids is 1. The first-order valence-corrected chi connectivity index (χ1v) is 13.2. The highest BCUT2D eigenvalue weighted by molar-refractivity contribution is 6.33. The predicted molar refractivity (Wildman–Crippen MR) is 141 cm³/mol. The number of aliphatic carboxylic acids is 1. The smallest absolute Gasteiger partial charge is 0.329 e. The van der Waals surface area contributed by atoms with E-state index in [0.717, 1.165) is 24.0 Å². The number of hydrogen-bond acceptors (Lipinski definition) is 5. The van der Waals surface area contributed by atoms with E-state index in [2.05, 4.69) is 5.32 Å². The average molecular weight is 567 g/mol. The number of amides is 2. The molecule has 2 amide bonds. The fourth-order valence-corrected chi connectivity index (χ4v) is 5.43. The average Bonchev–Trinajstić information content (AvgIpc) is 3.72. The molecule has 2 fully saturated rings. The zero-order valence-corrected chi connectivity index (χ0v) is 22.9. The molecule has 1 unspecified atom stereocenters. The van der Waals surface area contributed by atoms with Gasteiger partial charge >= 0.3 is 12.0 Å². The first-order chi connectivity index (χ1) is 18.5. The number of nitrogens with one attached hydrogen (secondary N) is 1. The van der Waals surface area contributed by atoms with Crippen LogP contribution in [0.4, 0.5) is 13.6 Å². The van der Waals surface area contributed by atoms with Gasteiger partial charge in [0.15, 0.2) is 5.54 Å². The summed E-state index contributed by atoms with van der Waals surface area (Å²) in [5, 5.41) is 12.3. The van der Waals surface area contributed by atoms with E-state index in [9.17, 15) is 23.5 Å². The van der Waals surface area contributed by atoms with Crippen LogP contribution in [0.15, 0.2) is 36.4 Å². The Balaban J connectivity index is 1.60. The van der Waals surface area contributed by atoms with Gasteiger partial charge in [-0.1, -0.05) is 41.9 Å². The maximum atomic E-state index is 13.7. The molecule has 2 aliphatic rings. The molecule has 0 spiro atoms. The number of benzene rings is 2. The van der Waals surface area contributed by atoms with Crippen molar-refractivity contribution in [1.29, 1.82) is 0 Å². The summed E-state index contributed by atoms with van der Waals surface area (Å²) in [4.78, 5) is 26.7. The van der Waals surface area contributed by atoms with Crippen molar-refractivity contribution in [2.45, 2.75) is 62.6 Å². The number of alkyl halides is 2. The molecule has 2 saturated carbocycles. The van der Waals surface area contributed by atoms with Crippen LogP contribution in [0.1, 0.15) is 61.3 Å². The van der Waals surface area contributed by atoms with Crippen molar-refractivity contribution in [3.63, 3.8) is 0 Å². The number of nitrogens with zero attached hydrogens (tertiary/aromatic N) is 1. The summed E-state index contributed by atoms with van der Waals surface area (Å²) in [5.41, 5.74) is 0.260. The summed E-state index contributed by atoms with van der Waals surface area (Å²) in [6.45, 7) is 2.16. The summed E-state index contributed by atoms with van der Waals surface area (Å²) in [7, 11) is 3.05. The van der Waals surface area contributed by atoms with Crippen LogP contribution in [0, 0.1) is 0 Å². The Kier molecular flexibility index (Phi) is 8.56. The molecular formula is C28H33ClF2N2O6. The lowest BCUT2D eigenvalue weighted by Gasteiger charge is -2.45. The first kappa shape index (κ1) is 28.9. The van der Waals surface area contributed by atoms with Crippen molar-refractivity contribution in [3.05, 3.63) is 58.1 Å². The second-order valence-electron chi connectivity index (χ2n) is 10.1. The number of carboxylic acid groups (broad SMARTS) is 1. The van der Waals surface area contributed by atoms with Crippen molar-refractivity contribution in [2.75, 3.05) is 27.4 Å². The van der Waals surface area contributed by atoms with E-state index in [1.54, 1.807) is 13.0 Å². The van der Waals surface area contributed by atoms with Gasteiger partial charge in [-0.05, 0) is 37.3 Å². The zero-order valence-electron chi connectivity index (χ0n) is 22.1. The van der Waals surface area contributed by atoms with Gasteiger partial charge in [-0.2, -0.15) is 0 Å². The molecule has 0 heterocycles. The molecule has 1 atom stereocenters. The Labute approximate surface area is 231 Å². The zero-order chi connectivity index (χ0) is 28.4. The molecule has 2 aliphatic carbocycles. The molecule has 0 saturated heterocycles. The van der Waals surface area contributed by atoms with E-state index >= 15 is 0 Å². The van der Waals surface area contributed by atoms with Gasteiger partial charge in [0.2, 0.25) is 0 Å². The Morgan fingerprint density at radius 3 is 2.38 bits per heavy atom. The maximum absolute atomic E-state index is 13.7. The highest BCUT2D eigenvalue weighted by Gasteiger charge is 2.62. The summed E-state index contributed by atoms with van der Waals surface area (Å²) >= 11 is 6.80. The van der Waals surface area contributed by atoms with Crippen LogP contribution in [-0.2, 0) is 16.1 Å². The van der Waals surface area contributed by atoms with Crippen LogP contribution < -0.4 is 14.8 Å². The summed E-state index contributed by atoms with van der Waals surface area (Å²) in [5.74, 6) is -3.38. The molecule has 2 aromatic rings. The fourth-order valence-electron chi connectivity index (χ4n) is 5.04. The van der Waals surface area contributed by atoms with Crippen LogP contribution >= 0.6 is 11.6 Å². The van der Waals surface area contributed by atoms with Gasteiger partial charge in [-0.25, -0.2) is 18.4 Å². The Morgan fingerprint density at radius 1 is 1.18 bits per heavy atom. The third-order valence-corrected chi connectivity index (χ3v) is 7.69. The number of ether oxygens (including phenoxy) is 3. The lowest BCUT2D eigenvalue weighted by molar-refractivity contribution is -0.175.